The fraction of sp³-hybridized carbons (Fsp3) is 0.286. The van der Waals surface area contributed by atoms with Crippen molar-refractivity contribution in [3.05, 3.63) is 40.4 Å². The van der Waals surface area contributed by atoms with Crippen LogP contribution in [0, 0.1) is 0 Å². The predicted octanol–water partition coefficient (Wildman–Crippen LogP) is 4.73. The van der Waals surface area contributed by atoms with Crippen molar-refractivity contribution in [1.82, 2.24) is 0 Å². The van der Waals surface area contributed by atoms with Crippen LogP contribution in [0.3, 0.4) is 0 Å². The number of ether oxygens (including phenoxy) is 1. The summed E-state index contributed by atoms with van der Waals surface area (Å²) in [7, 11) is 1.72. The normalized spacial score (nSPS) is 11.1. The van der Waals surface area contributed by atoms with Gasteiger partial charge in [0.2, 0.25) is 0 Å². The smallest absolute Gasteiger partial charge is 0.126 e. The summed E-state index contributed by atoms with van der Waals surface area (Å²) in [6.07, 6.45) is 0. The first-order chi connectivity index (χ1) is 7.61. The van der Waals surface area contributed by atoms with Crippen LogP contribution in [-0.4, -0.2) is 7.11 Å². The molecule has 0 aliphatic rings. The Morgan fingerprint density at radius 1 is 1.12 bits per heavy atom. The van der Waals surface area contributed by atoms with Gasteiger partial charge in [-0.25, -0.2) is 0 Å². The number of methoxy groups -OCH3 is 1. The second-order valence-electron chi connectivity index (χ2n) is 4.24. The monoisotopic (exact) mass is 278 g/mol. The van der Waals surface area contributed by atoms with Gasteiger partial charge in [-0.2, -0.15) is 0 Å². The maximum atomic E-state index is 5.44. The second-order valence-corrected chi connectivity index (χ2v) is 5.16. The van der Waals surface area contributed by atoms with Gasteiger partial charge < -0.3 is 4.74 Å². The lowest BCUT2D eigenvalue weighted by Gasteiger charge is -2.11. The lowest BCUT2D eigenvalue weighted by atomic mass is 9.98. The molecular weight excluding hydrogens is 264 g/mol. The summed E-state index contributed by atoms with van der Waals surface area (Å²) in [6.45, 7) is 4.39. The van der Waals surface area contributed by atoms with E-state index < -0.39 is 0 Å². The highest BCUT2D eigenvalue weighted by Gasteiger charge is 2.07. The van der Waals surface area contributed by atoms with E-state index in [0.29, 0.717) is 5.92 Å². The molecule has 0 aliphatic heterocycles. The zero-order valence-electron chi connectivity index (χ0n) is 9.75. The molecule has 0 amide bonds. The third-order valence-corrected chi connectivity index (χ3v) is 3.28. The number of hydrogen-bond acceptors (Lipinski definition) is 1. The average Bonchev–Trinajstić information content (AvgIpc) is 2.26. The van der Waals surface area contributed by atoms with Crippen molar-refractivity contribution in [3.63, 3.8) is 0 Å². The Kier molecular flexibility index (Phi) is 3.20. The molecular formula is C14H15BrO. The first kappa shape index (κ1) is 11.5. The topological polar surface area (TPSA) is 9.23 Å². The Balaban J connectivity index is 2.73. The van der Waals surface area contributed by atoms with Gasteiger partial charge in [0, 0.05) is 9.86 Å². The highest BCUT2D eigenvalue weighted by Crippen LogP contribution is 2.32. The maximum absolute atomic E-state index is 5.44. The van der Waals surface area contributed by atoms with Crippen LogP contribution in [0.1, 0.15) is 25.3 Å². The van der Waals surface area contributed by atoms with Crippen LogP contribution >= 0.6 is 15.9 Å². The molecule has 0 fully saturated rings. The van der Waals surface area contributed by atoms with Crippen molar-refractivity contribution >= 4 is 26.7 Å². The first-order valence-corrected chi connectivity index (χ1v) is 6.18. The lowest BCUT2D eigenvalue weighted by molar-refractivity contribution is 0.419. The Bertz CT molecular complexity index is 517. The van der Waals surface area contributed by atoms with Gasteiger partial charge in [-0.05, 0) is 41.1 Å². The molecule has 0 heterocycles. The summed E-state index contributed by atoms with van der Waals surface area (Å²) in [5.74, 6) is 1.46. The molecule has 2 aromatic carbocycles. The van der Waals surface area contributed by atoms with E-state index in [1.54, 1.807) is 7.11 Å². The van der Waals surface area contributed by atoms with E-state index >= 15 is 0 Å². The molecule has 84 valence electrons. The quantitative estimate of drug-likeness (QED) is 0.771. The molecule has 0 unspecified atom stereocenters. The van der Waals surface area contributed by atoms with E-state index in [4.69, 9.17) is 4.74 Å². The Morgan fingerprint density at radius 2 is 1.88 bits per heavy atom. The minimum absolute atomic E-state index is 0.511. The van der Waals surface area contributed by atoms with Gasteiger partial charge in [0.15, 0.2) is 0 Å². The molecule has 0 atom stereocenters. The number of hydrogen-bond donors (Lipinski definition) is 0. The third kappa shape index (κ3) is 2.07. The molecule has 0 aliphatic carbocycles. The van der Waals surface area contributed by atoms with Crippen molar-refractivity contribution in [2.45, 2.75) is 19.8 Å². The van der Waals surface area contributed by atoms with Gasteiger partial charge in [-0.3, -0.25) is 0 Å². The SMILES string of the molecule is COc1cc(C(C)C)cc2cc(Br)ccc12. The van der Waals surface area contributed by atoms with Crippen LogP contribution in [0.25, 0.3) is 10.8 Å². The summed E-state index contributed by atoms with van der Waals surface area (Å²) in [5, 5.41) is 2.38. The minimum Gasteiger partial charge on any atom is -0.496 e. The van der Waals surface area contributed by atoms with E-state index in [0.717, 1.165) is 15.6 Å². The summed E-state index contributed by atoms with van der Waals surface area (Å²) in [6, 6.07) is 10.6. The van der Waals surface area contributed by atoms with Gasteiger partial charge in [-0.1, -0.05) is 35.8 Å². The van der Waals surface area contributed by atoms with Gasteiger partial charge >= 0.3 is 0 Å². The van der Waals surface area contributed by atoms with Crippen LogP contribution in [0.5, 0.6) is 5.75 Å². The van der Waals surface area contributed by atoms with Gasteiger partial charge in [0.05, 0.1) is 7.11 Å². The van der Waals surface area contributed by atoms with Crippen LogP contribution < -0.4 is 4.74 Å². The number of benzene rings is 2. The molecule has 0 saturated carbocycles. The lowest BCUT2D eigenvalue weighted by Crippen LogP contribution is -1.91. The third-order valence-electron chi connectivity index (χ3n) is 2.79. The highest BCUT2D eigenvalue weighted by atomic mass is 79.9. The molecule has 2 aromatic rings. The second kappa shape index (κ2) is 4.46. The van der Waals surface area contributed by atoms with Gasteiger partial charge in [-0.15, -0.1) is 0 Å². The molecule has 0 bridgehead atoms. The summed E-state index contributed by atoms with van der Waals surface area (Å²) < 4.78 is 6.54. The fourth-order valence-corrected chi connectivity index (χ4v) is 2.21. The zero-order chi connectivity index (χ0) is 11.7. The standard InChI is InChI=1S/C14H15BrO/c1-9(2)10-6-11-7-12(15)4-5-13(11)14(8-10)16-3/h4-9H,1-3H3. The summed E-state index contributed by atoms with van der Waals surface area (Å²) in [4.78, 5) is 0. The average molecular weight is 279 g/mol. The first-order valence-electron chi connectivity index (χ1n) is 5.39. The van der Waals surface area contributed by atoms with Gasteiger partial charge in [0.1, 0.15) is 5.75 Å². The van der Waals surface area contributed by atoms with Crippen molar-refractivity contribution in [2.75, 3.05) is 7.11 Å². The van der Waals surface area contributed by atoms with Crippen molar-refractivity contribution in [1.29, 1.82) is 0 Å². The molecule has 0 saturated heterocycles. The van der Waals surface area contributed by atoms with Crippen molar-refractivity contribution < 1.29 is 4.74 Å². The minimum atomic E-state index is 0.511. The highest BCUT2D eigenvalue weighted by molar-refractivity contribution is 9.10. The largest absolute Gasteiger partial charge is 0.496 e. The van der Waals surface area contributed by atoms with Crippen molar-refractivity contribution in [2.24, 2.45) is 0 Å². The van der Waals surface area contributed by atoms with E-state index in [1.807, 2.05) is 6.07 Å². The van der Waals surface area contributed by atoms with Crippen LogP contribution in [-0.2, 0) is 0 Å². The maximum Gasteiger partial charge on any atom is 0.126 e. The molecule has 2 heteroatoms. The van der Waals surface area contributed by atoms with E-state index in [-0.39, 0.29) is 0 Å². The number of fused-ring (bicyclic) bond motifs is 1. The number of halogens is 1. The summed E-state index contributed by atoms with van der Waals surface area (Å²) >= 11 is 3.50. The molecule has 2 rings (SSSR count). The number of rotatable bonds is 2. The summed E-state index contributed by atoms with van der Waals surface area (Å²) in [5.41, 5.74) is 1.31. The Morgan fingerprint density at radius 3 is 2.50 bits per heavy atom. The van der Waals surface area contributed by atoms with E-state index in [2.05, 4.69) is 54.0 Å². The molecule has 0 spiro atoms. The molecule has 1 nitrogen and oxygen atoms in total. The van der Waals surface area contributed by atoms with Crippen LogP contribution in [0.15, 0.2) is 34.8 Å². The van der Waals surface area contributed by atoms with Crippen LogP contribution in [0.4, 0.5) is 0 Å². The molecule has 0 aromatic heterocycles. The molecule has 16 heavy (non-hydrogen) atoms. The predicted molar refractivity (Wildman–Crippen MR) is 72.3 cm³/mol. The Hall–Kier alpha value is -1.02. The van der Waals surface area contributed by atoms with Crippen LogP contribution in [0.2, 0.25) is 0 Å². The van der Waals surface area contributed by atoms with Crippen molar-refractivity contribution in [3.8, 4) is 5.75 Å². The zero-order valence-corrected chi connectivity index (χ0v) is 11.3. The van der Waals surface area contributed by atoms with E-state index in [1.165, 1.54) is 10.9 Å². The van der Waals surface area contributed by atoms with Gasteiger partial charge in [0.25, 0.3) is 0 Å². The molecule has 0 N–H and O–H groups in total. The van der Waals surface area contributed by atoms with E-state index in [9.17, 15) is 0 Å². The fourth-order valence-electron chi connectivity index (χ4n) is 1.83. The Labute approximate surface area is 105 Å². The molecule has 0 radical (unpaired) electrons.